The minimum Gasteiger partial charge on any atom is -0.507 e. The van der Waals surface area contributed by atoms with E-state index >= 15 is 0 Å². The van der Waals surface area contributed by atoms with E-state index in [-0.39, 0.29) is 16.6 Å². The van der Waals surface area contributed by atoms with Crippen LogP contribution in [0.25, 0.3) is 4.91 Å². The van der Waals surface area contributed by atoms with Crippen LogP contribution < -0.4 is 14.2 Å². The van der Waals surface area contributed by atoms with Gasteiger partial charge in [0, 0.05) is 23.1 Å². The van der Waals surface area contributed by atoms with Gasteiger partial charge in [0.25, 0.3) is 5.91 Å². The molecule has 3 aromatic carbocycles. The molecule has 2 atom stereocenters. The van der Waals surface area contributed by atoms with Gasteiger partial charge in [-0.05, 0) is 48.4 Å². The van der Waals surface area contributed by atoms with Crippen molar-refractivity contribution in [2.45, 2.75) is 12.8 Å². The van der Waals surface area contributed by atoms with Crippen LogP contribution in [-0.2, 0) is 15.8 Å². The highest BCUT2D eigenvalue weighted by atomic mass is 32.2. The second-order valence-corrected chi connectivity index (χ2v) is 8.66. The molecule has 7 heteroatoms. The number of benzene rings is 3. The Morgan fingerprint density at radius 3 is 2.71 bits per heavy atom. The largest absolute Gasteiger partial charge is 0.507 e. The Morgan fingerprint density at radius 2 is 1.97 bits per heavy atom. The van der Waals surface area contributed by atoms with Crippen LogP contribution in [0.4, 0.5) is 0 Å². The number of hydrogen-bond donors (Lipinski definition) is 2. The minimum atomic E-state index is -1.66. The Labute approximate surface area is 181 Å². The van der Waals surface area contributed by atoms with Crippen molar-refractivity contribution in [3.63, 3.8) is 0 Å². The van der Waals surface area contributed by atoms with Crippen LogP contribution in [0, 0.1) is 6.92 Å². The van der Waals surface area contributed by atoms with Gasteiger partial charge in [-0.25, -0.2) is 4.21 Å². The van der Waals surface area contributed by atoms with Gasteiger partial charge in [-0.1, -0.05) is 30.3 Å². The van der Waals surface area contributed by atoms with E-state index in [2.05, 4.69) is 4.72 Å². The summed E-state index contributed by atoms with van der Waals surface area (Å²) in [5, 5.41) is 10.6. The Morgan fingerprint density at radius 1 is 1.13 bits per heavy atom. The summed E-state index contributed by atoms with van der Waals surface area (Å²) in [4.78, 5) is 11.7. The molecule has 31 heavy (non-hydrogen) atoms. The fourth-order valence-electron chi connectivity index (χ4n) is 3.88. The molecule has 0 fully saturated rings. The molecule has 2 heterocycles. The number of rotatable bonds is 4. The number of hydrogen-bond acceptors (Lipinski definition) is 5. The molecule has 2 unspecified atom stereocenters. The summed E-state index contributed by atoms with van der Waals surface area (Å²) in [7, 11) is -1.66. The van der Waals surface area contributed by atoms with Gasteiger partial charge in [0.1, 0.15) is 11.5 Å². The van der Waals surface area contributed by atoms with Gasteiger partial charge < -0.3 is 14.6 Å². The zero-order chi connectivity index (χ0) is 21.5. The fraction of sp³-hybridized carbons (Fsp3) is 0.125. The van der Waals surface area contributed by atoms with Gasteiger partial charge in [-0.2, -0.15) is 0 Å². The maximum absolute atomic E-state index is 12.0. The number of carbonyl (C=O) groups excluding carboxylic acids is 1. The quantitative estimate of drug-likeness (QED) is 0.646. The van der Waals surface area contributed by atoms with E-state index in [0.29, 0.717) is 23.7 Å². The minimum absolute atomic E-state index is 0.0331. The van der Waals surface area contributed by atoms with Gasteiger partial charge in [0.2, 0.25) is 0 Å². The zero-order valence-corrected chi connectivity index (χ0v) is 17.4. The lowest BCUT2D eigenvalue weighted by atomic mass is 9.92. The smallest absolute Gasteiger partial charge is 0.257 e. The highest BCUT2D eigenvalue weighted by molar-refractivity contribution is 7.94. The van der Waals surface area contributed by atoms with E-state index in [1.807, 2.05) is 55.5 Å². The SMILES string of the molecule is Cc1cccc(Oc2cccc3c2OCC3c2ccc(C3=CC(=O)NS3=O)c(O)c2)c1. The van der Waals surface area contributed by atoms with Crippen molar-refractivity contribution in [1.82, 2.24) is 4.72 Å². The fourth-order valence-corrected chi connectivity index (χ4v) is 4.82. The van der Waals surface area contributed by atoms with Gasteiger partial charge in [-0.3, -0.25) is 9.52 Å². The first-order valence-corrected chi connectivity index (χ1v) is 10.9. The normalized spacial score (nSPS) is 19.4. The third-order valence-electron chi connectivity index (χ3n) is 5.34. The second kappa shape index (κ2) is 7.59. The van der Waals surface area contributed by atoms with Gasteiger partial charge in [-0.15, -0.1) is 0 Å². The summed E-state index contributed by atoms with van der Waals surface area (Å²) in [6, 6.07) is 18.8. The highest BCUT2D eigenvalue weighted by Gasteiger charge is 2.30. The van der Waals surface area contributed by atoms with E-state index in [9.17, 15) is 14.1 Å². The Bertz CT molecular complexity index is 1270. The maximum atomic E-state index is 12.0. The number of carbonyl (C=O) groups is 1. The third kappa shape index (κ3) is 3.57. The van der Waals surface area contributed by atoms with Crippen molar-refractivity contribution < 1.29 is 23.6 Å². The van der Waals surface area contributed by atoms with Crippen molar-refractivity contribution in [2.75, 3.05) is 6.61 Å². The van der Waals surface area contributed by atoms with E-state index in [1.54, 1.807) is 12.1 Å². The number of nitrogens with one attached hydrogen (secondary N) is 1. The number of phenolic OH excluding ortho intramolecular Hbond substituents is 1. The average Bonchev–Trinajstić information content (AvgIpc) is 3.31. The molecule has 156 valence electrons. The number of amides is 1. The lowest BCUT2D eigenvalue weighted by Crippen LogP contribution is -2.16. The first kappa shape index (κ1) is 19.4. The Kier molecular flexibility index (Phi) is 4.75. The first-order valence-electron chi connectivity index (χ1n) is 9.77. The number of aromatic hydroxyl groups is 1. The number of phenols is 1. The maximum Gasteiger partial charge on any atom is 0.257 e. The van der Waals surface area contributed by atoms with Crippen LogP contribution >= 0.6 is 0 Å². The monoisotopic (exact) mass is 433 g/mol. The molecule has 6 nitrogen and oxygen atoms in total. The predicted octanol–water partition coefficient (Wildman–Crippen LogP) is 4.15. The lowest BCUT2D eigenvalue weighted by Gasteiger charge is -2.13. The zero-order valence-electron chi connectivity index (χ0n) is 16.6. The lowest BCUT2D eigenvalue weighted by molar-refractivity contribution is -0.114. The molecule has 3 aromatic rings. The predicted molar refractivity (Wildman–Crippen MR) is 117 cm³/mol. The third-order valence-corrected chi connectivity index (χ3v) is 6.47. The molecule has 2 N–H and O–H groups in total. The molecule has 0 aromatic heterocycles. The van der Waals surface area contributed by atoms with Crippen molar-refractivity contribution in [3.8, 4) is 23.0 Å². The van der Waals surface area contributed by atoms with Crippen LogP contribution in [0.1, 0.15) is 28.2 Å². The standard InChI is InChI=1S/C24H19NO5S/c1-14-4-2-5-16(10-14)30-21-7-3-6-17-19(13-29-24(17)21)15-8-9-18(20(26)11-15)22-12-23(27)25-31(22)28/h2-12,19,26H,13H2,1H3,(H,25,27). The second-order valence-electron chi connectivity index (χ2n) is 7.48. The molecule has 2 aliphatic heterocycles. The summed E-state index contributed by atoms with van der Waals surface area (Å²) in [6.45, 7) is 2.42. The summed E-state index contributed by atoms with van der Waals surface area (Å²) in [5.74, 6) is 1.52. The Balaban J connectivity index is 1.45. The number of ether oxygens (including phenoxy) is 2. The van der Waals surface area contributed by atoms with Gasteiger partial charge >= 0.3 is 0 Å². The molecule has 5 rings (SSSR count). The van der Waals surface area contributed by atoms with Crippen molar-refractivity contribution in [2.24, 2.45) is 0 Å². The average molecular weight is 433 g/mol. The summed E-state index contributed by atoms with van der Waals surface area (Å²) < 4.78 is 26.4. The van der Waals surface area contributed by atoms with Crippen molar-refractivity contribution >= 4 is 21.8 Å². The molecule has 0 spiro atoms. The van der Waals surface area contributed by atoms with E-state index in [0.717, 1.165) is 22.4 Å². The first-order chi connectivity index (χ1) is 15.0. The molecule has 0 saturated heterocycles. The summed E-state index contributed by atoms with van der Waals surface area (Å²) in [5.41, 5.74) is 3.31. The van der Waals surface area contributed by atoms with Crippen LogP contribution in [0.2, 0.25) is 0 Å². The van der Waals surface area contributed by atoms with Crippen molar-refractivity contribution in [3.05, 3.63) is 89.0 Å². The molecule has 0 bridgehead atoms. The van der Waals surface area contributed by atoms with Crippen molar-refractivity contribution in [1.29, 1.82) is 0 Å². The van der Waals surface area contributed by atoms with Crippen LogP contribution in [0.3, 0.4) is 0 Å². The van der Waals surface area contributed by atoms with Crippen LogP contribution in [0.15, 0.2) is 66.7 Å². The number of para-hydroxylation sites is 1. The van der Waals surface area contributed by atoms with E-state index < -0.39 is 16.9 Å². The van der Waals surface area contributed by atoms with Crippen LogP contribution in [0.5, 0.6) is 23.0 Å². The molecule has 2 aliphatic rings. The molecule has 1 amide bonds. The number of fused-ring (bicyclic) bond motifs is 1. The van der Waals surface area contributed by atoms with Crippen LogP contribution in [-0.4, -0.2) is 21.8 Å². The summed E-state index contributed by atoms with van der Waals surface area (Å²) >= 11 is 0. The van der Waals surface area contributed by atoms with E-state index in [1.165, 1.54) is 6.08 Å². The molecular formula is C24H19NO5S. The molecule has 0 saturated carbocycles. The molecular weight excluding hydrogens is 414 g/mol. The van der Waals surface area contributed by atoms with E-state index in [4.69, 9.17) is 9.47 Å². The summed E-state index contributed by atoms with van der Waals surface area (Å²) in [6.07, 6.45) is 1.24. The number of aryl methyl sites for hydroxylation is 1. The molecule has 0 radical (unpaired) electrons. The highest BCUT2D eigenvalue weighted by Crippen LogP contribution is 2.46. The Hall–Kier alpha value is -3.58. The van der Waals surface area contributed by atoms with Gasteiger partial charge in [0.15, 0.2) is 22.5 Å². The topological polar surface area (TPSA) is 84.9 Å². The van der Waals surface area contributed by atoms with Gasteiger partial charge in [0.05, 0.1) is 11.5 Å². The molecule has 0 aliphatic carbocycles.